The topological polar surface area (TPSA) is 0 Å². The van der Waals surface area contributed by atoms with E-state index in [0.717, 1.165) is 8.58 Å². The maximum absolute atomic E-state index is 4.81. The summed E-state index contributed by atoms with van der Waals surface area (Å²) in [5.41, 5.74) is 0. The van der Waals surface area contributed by atoms with Gasteiger partial charge in [-0.3, -0.25) is 0 Å². The zero-order chi connectivity index (χ0) is 13.9. The number of rotatable bonds is 1. The van der Waals surface area contributed by atoms with Crippen molar-refractivity contribution in [3.63, 3.8) is 0 Å². The van der Waals surface area contributed by atoms with Crippen LogP contribution in [0, 0.1) is 0 Å². The van der Waals surface area contributed by atoms with Crippen molar-refractivity contribution < 1.29 is 33.0 Å². The van der Waals surface area contributed by atoms with Gasteiger partial charge in [-0.2, -0.15) is 30.3 Å². The van der Waals surface area contributed by atoms with Crippen LogP contribution in [-0.2, 0) is 33.0 Å². The van der Waals surface area contributed by atoms with Crippen molar-refractivity contribution in [1.82, 2.24) is 0 Å². The van der Waals surface area contributed by atoms with E-state index in [0.29, 0.717) is 5.16 Å². The summed E-state index contributed by atoms with van der Waals surface area (Å²) in [6, 6.07) is 18.6. The quantitative estimate of drug-likeness (QED) is 0.314. The zero-order valence-corrected chi connectivity index (χ0v) is 16.3. The number of hydrogen-bond acceptors (Lipinski definition) is 0. The minimum absolute atomic E-state index is 0. The van der Waals surface area contributed by atoms with Crippen molar-refractivity contribution in [2.45, 2.75) is 25.9 Å². The van der Waals surface area contributed by atoms with Crippen LogP contribution in [0.1, 0.15) is 20.8 Å². The Morgan fingerprint density at radius 3 is 1.84 bits per heavy atom. The molecule has 1 atom stereocenters. The fraction of sp³-hybridized carbons (Fsp3) is 0.286. The van der Waals surface area contributed by atoms with E-state index in [2.05, 4.69) is 45.0 Å². The molecule has 0 radical (unpaired) electrons. The second-order valence-corrected chi connectivity index (χ2v) is 9.24. The van der Waals surface area contributed by atoms with Crippen LogP contribution in [-0.4, -0.2) is 5.16 Å². The zero-order valence-electron chi connectivity index (χ0n) is 11.1. The average Bonchev–Trinajstić information content (AvgIpc) is 2.89. The van der Waals surface area contributed by atoms with Crippen LogP contribution in [0.3, 0.4) is 0 Å². The van der Waals surface area contributed by atoms with Gasteiger partial charge in [-0.15, -0.1) is 13.9 Å². The monoisotopic (exact) mass is 450 g/mol. The SMILES string of the molecule is CC(C)(C)Pc1ccc[cH-]1.[Cl][Pd][Cl].[Fe+2].c1cc[cH-]c1. The Kier molecular flexibility index (Phi) is 16.2. The van der Waals surface area contributed by atoms with Gasteiger partial charge in [0.1, 0.15) is 0 Å². The molecule has 2 rings (SSSR count). The van der Waals surface area contributed by atoms with Crippen LogP contribution in [0.25, 0.3) is 0 Å². The molecule has 0 aliphatic heterocycles. The van der Waals surface area contributed by atoms with Crippen LogP contribution in [0.15, 0.2) is 54.6 Å². The van der Waals surface area contributed by atoms with E-state index in [9.17, 15) is 0 Å². The Morgan fingerprint density at radius 1 is 1.05 bits per heavy atom. The molecule has 19 heavy (non-hydrogen) atoms. The average molecular weight is 451 g/mol. The minimum atomic E-state index is -0.106. The summed E-state index contributed by atoms with van der Waals surface area (Å²) in [5, 5.41) is 1.93. The molecule has 0 aromatic heterocycles. The van der Waals surface area contributed by atoms with Crippen LogP contribution in [0.5, 0.6) is 0 Å². The predicted molar refractivity (Wildman–Crippen MR) is 83.5 cm³/mol. The molecule has 0 N–H and O–H groups in total. The molecular formula is C14H19Cl2FePPd. The molecule has 0 saturated carbocycles. The summed E-state index contributed by atoms with van der Waals surface area (Å²) in [6.45, 7) is 6.83. The Morgan fingerprint density at radius 2 is 1.58 bits per heavy atom. The molecule has 0 saturated heterocycles. The van der Waals surface area contributed by atoms with E-state index >= 15 is 0 Å². The maximum Gasteiger partial charge on any atom is 2.00 e. The van der Waals surface area contributed by atoms with E-state index in [1.807, 2.05) is 30.3 Å². The van der Waals surface area contributed by atoms with Gasteiger partial charge in [-0.05, 0) is 5.16 Å². The second kappa shape index (κ2) is 13.9. The van der Waals surface area contributed by atoms with Gasteiger partial charge in [0, 0.05) is 0 Å². The minimum Gasteiger partial charge on any atom is -0.214 e. The van der Waals surface area contributed by atoms with Crippen molar-refractivity contribution in [2.75, 3.05) is 0 Å². The first-order valence-corrected chi connectivity index (χ1v) is 10.5. The van der Waals surface area contributed by atoms with Crippen molar-refractivity contribution in [3.8, 4) is 0 Å². The van der Waals surface area contributed by atoms with Crippen LogP contribution in [0.4, 0.5) is 0 Å². The van der Waals surface area contributed by atoms with E-state index in [4.69, 9.17) is 19.1 Å². The fourth-order valence-corrected chi connectivity index (χ4v) is 2.44. The Bertz CT molecular complexity index is 338. The van der Waals surface area contributed by atoms with Crippen molar-refractivity contribution in [1.29, 1.82) is 0 Å². The molecule has 112 valence electrons. The normalized spacial score (nSPS) is 10.2. The first kappa shape index (κ1) is 22.2. The van der Waals surface area contributed by atoms with Gasteiger partial charge in [0.15, 0.2) is 0 Å². The van der Waals surface area contributed by atoms with E-state index in [1.165, 1.54) is 5.30 Å². The van der Waals surface area contributed by atoms with Crippen LogP contribution < -0.4 is 5.30 Å². The summed E-state index contributed by atoms with van der Waals surface area (Å²) in [5.74, 6) is 0. The Hall–Kier alpha value is 0.892. The summed E-state index contributed by atoms with van der Waals surface area (Å²) >= 11 is -0.106. The first-order chi connectivity index (χ1) is 8.49. The molecule has 0 amide bonds. The van der Waals surface area contributed by atoms with Crippen LogP contribution >= 0.6 is 27.6 Å². The fourth-order valence-electron chi connectivity index (χ4n) is 1.21. The standard InChI is InChI=1S/C9H14P.C5H5.2ClH.Fe.Pd/c1-9(2,3)10-8-6-4-5-7-8;1-2-4-5-3-1;;;;/h4-7,10H,1-3H3;1-5H;2*1H;;/q2*-1;;;2*+2/p-2. The van der Waals surface area contributed by atoms with Gasteiger partial charge in [0.2, 0.25) is 0 Å². The maximum atomic E-state index is 4.81. The number of halogens is 2. The Labute approximate surface area is 145 Å². The predicted octanol–water partition coefficient (Wildman–Crippen LogP) is 5.29. The van der Waals surface area contributed by atoms with Gasteiger partial charge in [-0.25, -0.2) is 24.3 Å². The van der Waals surface area contributed by atoms with Gasteiger partial charge in [-0.1, -0.05) is 20.8 Å². The summed E-state index contributed by atoms with van der Waals surface area (Å²) in [6.07, 6.45) is 0. The third-order valence-corrected chi connectivity index (χ3v) is 3.11. The molecule has 0 fully saturated rings. The van der Waals surface area contributed by atoms with Gasteiger partial charge < -0.3 is 0 Å². The molecule has 0 bridgehead atoms. The molecule has 5 heteroatoms. The van der Waals surface area contributed by atoms with Crippen molar-refractivity contribution in [3.05, 3.63) is 54.6 Å². The molecule has 0 aliphatic rings. The van der Waals surface area contributed by atoms with Crippen LogP contribution in [0.2, 0.25) is 0 Å². The smallest absolute Gasteiger partial charge is 0.214 e. The van der Waals surface area contributed by atoms with Crippen molar-refractivity contribution >= 4 is 32.9 Å². The molecule has 0 spiro atoms. The molecule has 0 aliphatic carbocycles. The third-order valence-electron chi connectivity index (χ3n) is 1.74. The van der Waals surface area contributed by atoms with Gasteiger partial charge >= 0.3 is 52.1 Å². The molecule has 0 heterocycles. The van der Waals surface area contributed by atoms with E-state index in [-0.39, 0.29) is 33.0 Å². The first-order valence-electron chi connectivity index (χ1n) is 5.48. The summed E-state index contributed by atoms with van der Waals surface area (Å²) in [7, 11) is 10.6. The largest absolute Gasteiger partial charge is 2.00 e. The van der Waals surface area contributed by atoms with Gasteiger partial charge in [0.05, 0.1) is 0 Å². The summed E-state index contributed by atoms with van der Waals surface area (Å²) in [4.78, 5) is 0. The number of hydrogen-bond donors (Lipinski definition) is 0. The molecule has 1 unspecified atom stereocenters. The van der Waals surface area contributed by atoms with Crippen molar-refractivity contribution in [2.24, 2.45) is 0 Å². The van der Waals surface area contributed by atoms with E-state index in [1.54, 1.807) is 0 Å². The van der Waals surface area contributed by atoms with E-state index < -0.39 is 0 Å². The third kappa shape index (κ3) is 16.8. The summed E-state index contributed by atoms with van der Waals surface area (Å²) < 4.78 is 0. The molecule has 0 nitrogen and oxygen atoms in total. The molecule has 2 aromatic rings. The Balaban J connectivity index is 0. The molecule has 2 aromatic carbocycles. The molecular weight excluding hydrogens is 432 g/mol. The van der Waals surface area contributed by atoms with Gasteiger partial charge in [0.25, 0.3) is 0 Å². The second-order valence-electron chi connectivity index (χ2n) is 4.56.